The van der Waals surface area contributed by atoms with Crippen LogP contribution in [0.4, 0.5) is 5.82 Å². The van der Waals surface area contributed by atoms with Crippen molar-refractivity contribution in [3.8, 4) is 0 Å². The molecule has 0 radical (unpaired) electrons. The molecular formula is C20H24N6O. The van der Waals surface area contributed by atoms with E-state index in [-0.39, 0.29) is 11.9 Å². The van der Waals surface area contributed by atoms with Crippen LogP contribution in [-0.4, -0.2) is 29.4 Å². The molecule has 2 aromatic rings. The number of rotatable bonds is 7. The van der Waals surface area contributed by atoms with E-state index in [0.717, 1.165) is 28.1 Å². The van der Waals surface area contributed by atoms with Crippen molar-refractivity contribution in [1.82, 2.24) is 15.2 Å². The average molecular weight is 364 g/mol. The van der Waals surface area contributed by atoms with Gasteiger partial charge in [0.05, 0.1) is 6.54 Å². The summed E-state index contributed by atoms with van der Waals surface area (Å²) in [6, 6.07) is 9.72. The van der Waals surface area contributed by atoms with Crippen molar-refractivity contribution in [1.29, 1.82) is 5.53 Å². The highest BCUT2D eigenvalue weighted by Gasteiger charge is 2.29. The van der Waals surface area contributed by atoms with E-state index in [9.17, 15) is 4.79 Å². The van der Waals surface area contributed by atoms with Crippen LogP contribution in [0, 0.1) is 5.53 Å². The quantitative estimate of drug-likeness (QED) is 0.652. The molecule has 7 heteroatoms. The number of carbonyl (C=O) groups excluding carboxylic acids is 1. The van der Waals surface area contributed by atoms with Crippen molar-refractivity contribution < 1.29 is 4.79 Å². The Balaban J connectivity index is 1.79. The second-order valence-corrected chi connectivity index (χ2v) is 6.42. The maximum atomic E-state index is 12.4. The number of hydrogen-bond donors (Lipinski definition) is 3. The summed E-state index contributed by atoms with van der Waals surface area (Å²) in [6.45, 7) is 5.32. The lowest BCUT2D eigenvalue weighted by molar-refractivity contribution is 0.0787. The van der Waals surface area contributed by atoms with Gasteiger partial charge in [-0.25, -0.2) is 10.5 Å². The van der Waals surface area contributed by atoms with Gasteiger partial charge in [-0.05, 0) is 25.5 Å². The Hall–Kier alpha value is -3.22. The van der Waals surface area contributed by atoms with Gasteiger partial charge in [-0.15, -0.1) is 0 Å². The third-order valence-electron chi connectivity index (χ3n) is 4.77. The van der Waals surface area contributed by atoms with E-state index < -0.39 is 0 Å². The lowest BCUT2D eigenvalue weighted by Gasteiger charge is -2.17. The van der Waals surface area contributed by atoms with Crippen molar-refractivity contribution in [3.05, 3.63) is 65.0 Å². The number of nitrogens with one attached hydrogen (secondary N) is 3. The Morgan fingerprint density at radius 2 is 2.11 bits per heavy atom. The van der Waals surface area contributed by atoms with Gasteiger partial charge >= 0.3 is 0 Å². The van der Waals surface area contributed by atoms with Gasteiger partial charge in [0.15, 0.2) is 0 Å². The van der Waals surface area contributed by atoms with Crippen LogP contribution in [0.25, 0.3) is 5.70 Å². The Bertz CT molecular complexity index is 875. The van der Waals surface area contributed by atoms with Crippen molar-refractivity contribution in [3.63, 3.8) is 0 Å². The molecular weight excluding hydrogens is 340 g/mol. The molecule has 2 heterocycles. The summed E-state index contributed by atoms with van der Waals surface area (Å²) in [5, 5.41) is 9.87. The molecule has 140 valence electrons. The molecule has 1 aromatic heterocycles. The van der Waals surface area contributed by atoms with Gasteiger partial charge in [-0.3, -0.25) is 4.79 Å². The minimum Gasteiger partial charge on any atom is -0.392 e. The molecule has 0 spiro atoms. The topological polar surface area (TPSA) is 93.5 Å². The summed E-state index contributed by atoms with van der Waals surface area (Å²) >= 11 is 0. The smallest absolute Gasteiger partial charge is 0.254 e. The third-order valence-corrected chi connectivity index (χ3v) is 4.77. The molecule has 0 saturated heterocycles. The molecule has 1 unspecified atom stereocenters. The van der Waals surface area contributed by atoms with Crippen LogP contribution in [0.15, 0.2) is 47.8 Å². The van der Waals surface area contributed by atoms with Crippen molar-refractivity contribution >= 4 is 17.4 Å². The van der Waals surface area contributed by atoms with Gasteiger partial charge in [-0.1, -0.05) is 24.3 Å². The number of aromatic nitrogens is 1. The van der Waals surface area contributed by atoms with E-state index in [1.165, 1.54) is 0 Å². The fourth-order valence-electron chi connectivity index (χ4n) is 3.21. The Kier molecular flexibility index (Phi) is 5.49. The van der Waals surface area contributed by atoms with Gasteiger partial charge in [0.1, 0.15) is 11.5 Å². The molecule has 3 rings (SSSR count). The molecule has 1 aliphatic rings. The van der Waals surface area contributed by atoms with Gasteiger partial charge in [0, 0.05) is 48.7 Å². The predicted molar refractivity (Wildman–Crippen MR) is 105 cm³/mol. The minimum atomic E-state index is 0.0218. The van der Waals surface area contributed by atoms with E-state index in [1.807, 2.05) is 36.1 Å². The van der Waals surface area contributed by atoms with E-state index in [2.05, 4.69) is 27.7 Å². The van der Waals surface area contributed by atoms with Crippen LogP contribution in [0.1, 0.15) is 46.9 Å². The molecule has 3 N–H and O–H groups in total. The van der Waals surface area contributed by atoms with Crippen molar-refractivity contribution in [2.45, 2.75) is 26.4 Å². The molecule has 0 bridgehead atoms. The number of pyridine rings is 1. The number of carbonyl (C=O) groups is 1. The molecule has 27 heavy (non-hydrogen) atoms. The fraction of sp³-hybridized carbons (Fsp3) is 0.300. The fourth-order valence-corrected chi connectivity index (χ4v) is 3.21. The predicted octanol–water partition coefficient (Wildman–Crippen LogP) is 3.78. The lowest BCUT2D eigenvalue weighted by atomic mass is 10.0. The van der Waals surface area contributed by atoms with Crippen LogP contribution in [-0.2, 0) is 6.54 Å². The summed E-state index contributed by atoms with van der Waals surface area (Å²) in [4.78, 5) is 18.6. The zero-order chi connectivity index (χ0) is 19.4. The van der Waals surface area contributed by atoms with Crippen molar-refractivity contribution in [2.75, 3.05) is 18.9 Å². The number of amides is 1. The number of nitrogens with zero attached hydrogens (tertiary/aromatic N) is 3. The van der Waals surface area contributed by atoms with Gasteiger partial charge in [0.2, 0.25) is 0 Å². The van der Waals surface area contributed by atoms with Gasteiger partial charge in [0.25, 0.3) is 5.91 Å². The summed E-state index contributed by atoms with van der Waals surface area (Å²) in [5.74, 6) is 0.822. The number of hydrogen-bond acceptors (Lipinski definition) is 6. The number of anilines is 1. The first-order valence-corrected chi connectivity index (χ1v) is 8.98. The Labute approximate surface area is 159 Å². The highest BCUT2D eigenvalue weighted by molar-refractivity contribution is 5.99. The molecule has 0 fully saturated rings. The van der Waals surface area contributed by atoms with E-state index in [1.54, 1.807) is 25.5 Å². The van der Waals surface area contributed by atoms with E-state index in [4.69, 9.17) is 5.53 Å². The van der Waals surface area contributed by atoms with Gasteiger partial charge < -0.3 is 15.5 Å². The first kappa shape index (κ1) is 18.6. The molecule has 1 amide bonds. The molecule has 0 saturated carbocycles. The van der Waals surface area contributed by atoms with Crippen LogP contribution >= 0.6 is 0 Å². The minimum absolute atomic E-state index is 0.0218. The van der Waals surface area contributed by atoms with E-state index >= 15 is 0 Å². The van der Waals surface area contributed by atoms with E-state index in [0.29, 0.717) is 18.8 Å². The summed E-state index contributed by atoms with van der Waals surface area (Å²) in [7, 11) is 1.78. The summed E-state index contributed by atoms with van der Waals surface area (Å²) in [6.07, 6.45) is 3.37. The van der Waals surface area contributed by atoms with Crippen molar-refractivity contribution in [2.24, 2.45) is 5.11 Å². The van der Waals surface area contributed by atoms with Crippen LogP contribution < -0.4 is 10.6 Å². The number of benzene rings is 1. The molecule has 1 aromatic carbocycles. The average Bonchev–Trinajstić information content (AvgIpc) is 3.03. The largest absolute Gasteiger partial charge is 0.392 e. The zero-order valence-corrected chi connectivity index (χ0v) is 15.8. The maximum Gasteiger partial charge on any atom is 0.254 e. The second-order valence-electron chi connectivity index (χ2n) is 6.42. The normalized spacial score (nSPS) is 14.7. The molecule has 7 nitrogen and oxygen atoms in total. The first-order valence-electron chi connectivity index (χ1n) is 8.98. The Morgan fingerprint density at radius 3 is 2.74 bits per heavy atom. The molecule has 1 aliphatic heterocycles. The lowest BCUT2D eigenvalue weighted by Crippen LogP contribution is -2.22. The number of fused-ring (bicyclic) bond motifs is 1. The van der Waals surface area contributed by atoms with Gasteiger partial charge in [-0.2, -0.15) is 5.11 Å². The second kappa shape index (κ2) is 7.99. The van der Waals surface area contributed by atoms with Crippen LogP contribution in [0.5, 0.6) is 0 Å². The monoisotopic (exact) mass is 364 g/mol. The standard InChI is InChI=1S/C20H24N6O/c1-4-26-12-17-16(20(26)27)9-10-23-19(17)24-13(2)14-5-7-15(8-6-14)18(25-21)11-22-3/h5-11,13,21-22H,4,12H2,1-3H3,(H,23,24)/b18-11-,25-21?. The zero-order valence-electron chi connectivity index (χ0n) is 15.8. The summed E-state index contributed by atoms with van der Waals surface area (Å²) in [5.41, 5.74) is 11.5. The highest BCUT2D eigenvalue weighted by Crippen LogP contribution is 2.30. The highest BCUT2D eigenvalue weighted by atomic mass is 16.2. The third kappa shape index (κ3) is 3.67. The SMILES string of the molecule is CCN1Cc2c(ccnc2NC(C)c2ccc(/C(=C/NC)N=N)cc2)C1=O. The molecule has 1 atom stereocenters. The molecule has 0 aliphatic carbocycles. The first-order chi connectivity index (χ1) is 13.1. The van der Waals surface area contributed by atoms with Crippen LogP contribution in [0.3, 0.4) is 0 Å². The summed E-state index contributed by atoms with van der Waals surface area (Å²) < 4.78 is 0. The Morgan fingerprint density at radius 1 is 1.37 bits per heavy atom. The maximum absolute atomic E-state index is 12.4. The van der Waals surface area contributed by atoms with Crippen LogP contribution in [0.2, 0.25) is 0 Å².